The van der Waals surface area contributed by atoms with Crippen molar-refractivity contribution in [1.29, 1.82) is 0 Å². The molecule has 1 heterocycles. The van der Waals surface area contributed by atoms with Gasteiger partial charge in [-0.3, -0.25) is 9.48 Å². The molecule has 1 amide bonds. The van der Waals surface area contributed by atoms with Crippen molar-refractivity contribution in [3.63, 3.8) is 0 Å². The maximum atomic E-state index is 12.6. The Balaban J connectivity index is 1.81. The van der Waals surface area contributed by atoms with Crippen LogP contribution in [0.25, 0.3) is 0 Å². The highest BCUT2D eigenvalue weighted by atomic mass is 19.4. The van der Waals surface area contributed by atoms with E-state index in [0.717, 1.165) is 61.9 Å². The van der Waals surface area contributed by atoms with Crippen molar-refractivity contribution in [2.45, 2.75) is 70.1 Å². The first-order valence-electron chi connectivity index (χ1n) is 8.25. The van der Waals surface area contributed by atoms with Crippen LogP contribution in [0.4, 0.5) is 13.2 Å². The van der Waals surface area contributed by atoms with Gasteiger partial charge in [0.05, 0.1) is 12.2 Å². The van der Waals surface area contributed by atoms with Gasteiger partial charge in [-0.15, -0.1) is 0 Å². The quantitative estimate of drug-likeness (QED) is 0.851. The highest BCUT2D eigenvalue weighted by molar-refractivity contribution is 5.77. The Labute approximate surface area is 133 Å². The van der Waals surface area contributed by atoms with E-state index in [1.165, 1.54) is 4.90 Å². The molecule has 7 heteroatoms. The lowest BCUT2D eigenvalue weighted by atomic mass is 10.1. The summed E-state index contributed by atoms with van der Waals surface area (Å²) in [5.41, 5.74) is 3.08. The molecule has 4 nitrogen and oxygen atoms in total. The summed E-state index contributed by atoms with van der Waals surface area (Å²) in [5, 5.41) is 4.46. The summed E-state index contributed by atoms with van der Waals surface area (Å²) in [6.45, 7) is 0.211. The molecule has 0 radical (unpaired) electrons. The van der Waals surface area contributed by atoms with Crippen molar-refractivity contribution in [2.24, 2.45) is 7.05 Å². The number of aromatic nitrogens is 2. The Kier molecular flexibility index (Phi) is 4.38. The maximum Gasteiger partial charge on any atom is 0.397 e. The van der Waals surface area contributed by atoms with Gasteiger partial charge in [0.25, 0.3) is 0 Å². The minimum Gasteiger partial charge on any atom is -0.333 e. The van der Waals surface area contributed by atoms with Gasteiger partial charge in [-0.2, -0.15) is 18.3 Å². The van der Waals surface area contributed by atoms with E-state index in [1.54, 1.807) is 0 Å². The lowest BCUT2D eigenvalue weighted by Crippen LogP contribution is -2.40. The number of alkyl halides is 3. The second-order valence-corrected chi connectivity index (χ2v) is 6.60. The molecule has 0 aromatic carbocycles. The average molecular weight is 329 g/mol. The zero-order chi connectivity index (χ0) is 16.6. The second-order valence-electron chi connectivity index (χ2n) is 6.60. The highest BCUT2D eigenvalue weighted by Gasteiger charge is 2.37. The number of hydrogen-bond acceptors (Lipinski definition) is 2. The monoisotopic (exact) mass is 329 g/mol. The molecule has 1 saturated carbocycles. The molecule has 0 bridgehead atoms. The zero-order valence-corrected chi connectivity index (χ0v) is 13.3. The van der Waals surface area contributed by atoms with Crippen LogP contribution in [0.3, 0.4) is 0 Å². The molecule has 0 saturated heterocycles. The molecule has 1 aromatic heterocycles. The van der Waals surface area contributed by atoms with Gasteiger partial charge in [0.1, 0.15) is 6.42 Å². The number of amides is 1. The Morgan fingerprint density at radius 2 is 1.96 bits per heavy atom. The molecule has 2 aliphatic carbocycles. The fourth-order valence-electron chi connectivity index (χ4n) is 3.90. The van der Waals surface area contributed by atoms with Crippen LogP contribution in [-0.2, 0) is 31.2 Å². The van der Waals surface area contributed by atoms with Gasteiger partial charge < -0.3 is 4.90 Å². The SMILES string of the molecule is Cn1nc(CN(C(=O)CC(F)(F)F)C2CCCC2)c2c1CCC2. The van der Waals surface area contributed by atoms with Crippen LogP contribution in [0.15, 0.2) is 0 Å². The fourth-order valence-corrected chi connectivity index (χ4v) is 3.90. The molecular formula is C16H22F3N3O. The van der Waals surface area contributed by atoms with Gasteiger partial charge >= 0.3 is 6.18 Å². The topological polar surface area (TPSA) is 38.1 Å². The van der Waals surface area contributed by atoms with Crippen molar-refractivity contribution >= 4 is 5.91 Å². The van der Waals surface area contributed by atoms with E-state index in [0.29, 0.717) is 0 Å². The minimum atomic E-state index is -4.46. The minimum absolute atomic E-state index is 0.0797. The number of hydrogen-bond donors (Lipinski definition) is 0. The lowest BCUT2D eigenvalue weighted by molar-refractivity contribution is -0.163. The van der Waals surface area contributed by atoms with E-state index in [9.17, 15) is 18.0 Å². The van der Waals surface area contributed by atoms with Gasteiger partial charge in [-0.1, -0.05) is 12.8 Å². The molecule has 0 N–H and O–H groups in total. The van der Waals surface area contributed by atoms with Crippen molar-refractivity contribution in [1.82, 2.24) is 14.7 Å². The summed E-state index contributed by atoms with van der Waals surface area (Å²) in [6, 6.07) is -0.0797. The first kappa shape index (κ1) is 16.3. The predicted molar refractivity (Wildman–Crippen MR) is 78.7 cm³/mol. The van der Waals surface area contributed by atoms with Crippen LogP contribution < -0.4 is 0 Å². The number of halogens is 3. The van der Waals surface area contributed by atoms with Gasteiger partial charge in [-0.05, 0) is 37.7 Å². The number of carbonyl (C=O) groups excluding carboxylic acids is 1. The van der Waals surface area contributed by atoms with E-state index in [-0.39, 0.29) is 12.6 Å². The molecule has 1 fully saturated rings. The molecule has 0 aliphatic heterocycles. The fraction of sp³-hybridized carbons (Fsp3) is 0.750. The standard InChI is InChI=1S/C16H22F3N3O/c1-21-14-8-4-7-12(14)13(20-21)10-22(11-5-2-3-6-11)15(23)9-16(17,18)19/h11H,2-10H2,1H3. The summed E-state index contributed by atoms with van der Waals surface area (Å²) in [4.78, 5) is 13.7. The molecule has 0 atom stereocenters. The largest absolute Gasteiger partial charge is 0.397 e. The van der Waals surface area contributed by atoms with Gasteiger partial charge in [0.15, 0.2) is 0 Å². The van der Waals surface area contributed by atoms with Crippen LogP contribution in [0.1, 0.15) is 55.5 Å². The van der Waals surface area contributed by atoms with Crippen molar-refractivity contribution in [2.75, 3.05) is 0 Å². The molecule has 23 heavy (non-hydrogen) atoms. The maximum absolute atomic E-state index is 12.6. The number of carbonyl (C=O) groups is 1. The second kappa shape index (κ2) is 6.17. The first-order chi connectivity index (χ1) is 10.8. The third-order valence-corrected chi connectivity index (χ3v) is 4.96. The number of aryl methyl sites for hydroxylation is 1. The summed E-state index contributed by atoms with van der Waals surface area (Å²) < 4.78 is 39.8. The molecule has 1 aromatic rings. The average Bonchev–Trinajstić information content (AvgIpc) is 3.13. The smallest absolute Gasteiger partial charge is 0.333 e. The molecular weight excluding hydrogens is 307 g/mol. The van der Waals surface area contributed by atoms with Crippen molar-refractivity contribution in [3.8, 4) is 0 Å². The highest BCUT2D eigenvalue weighted by Crippen LogP contribution is 2.31. The molecule has 3 rings (SSSR count). The van der Waals surface area contributed by atoms with Crippen LogP contribution in [0, 0.1) is 0 Å². The van der Waals surface area contributed by atoms with E-state index >= 15 is 0 Å². The number of rotatable bonds is 4. The Morgan fingerprint density at radius 3 is 2.61 bits per heavy atom. The molecule has 0 spiro atoms. The zero-order valence-electron chi connectivity index (χ0n) is 13.3. The molecule has 0 unspecified atom stereocenters. The van der Waals surface area contributed by atoms with Gasteiger partial charge in [-0.25, -0.2) is 0 Å². The van der Waals surface area contributed by atoms with Crippen LogP contribution >= 0.6 is 0 Å². The summed E-state index contributed by atoms with van der Waals surface area (Å²) in [7, 11) is 1.87. The van der Waals surface area contributed by atoms with E-state index < -0.39 is 18.5 Å². The van der Waals surface area contributed by atoms with Crippen molar-refractivity contribution < 1.29 is 18.0 Å². The summed E-state index contributed by atoms with van der Waals surface area (Å²) >= 11 is 0. The third kappa shape index (κ3) is 3.53. The van der Waals surface area contributed by atoms with Crippen LogP contribution in [-0.4, -0.2) is 32.8 Å². The van der Waals surface area contributed by atoms with Crippen LogP contribution in [0.5, 0.6) is 0 Å². The summed E-state index contributed by atoms with van der Waals surface area (Å²) in [6.07, 6.45) is 0.606. The predicted octanol–water partition coefficient (Wildman–Crippen LogP) is 3.13. The normalized spacial score (nSPS) is 18.4. The van der Waals surface area contributed by atoms with Crippen molar-refractivity contribution in [3.05, 3.63) is 17.0 Å². The van der Waals surface area contributed by atoms with E-state index in [4.69, 9.17) is 0 Å². The Morgan fingerprint density at radius 1 is 1.26 bits per heavy atom. The number of fused-ring (bicyclic) bond motifs is 1. The van der Waals surface area contributed by atoms with E-state index in [1.807, 2.05) is 11.7 Å². The van der Waals surface area contributed by atoms with Gasteiger partial charge in [0, 0.05) is 18.8 Å². The van der Waals surface area contributed by atoms with Gasteiger partial charge in [0.2, 0.25) is 5.91 Å². The van der Waals surface area contributed by atoms with Crippen LogP contribution in [0.2, 0.25) is 0 Å². The Bertz CT molecular complexity index is 588. The lowest BCUT2D eigenvalue weighted by Gasteiger charge is -2.29. The third-order valence-electron chi connectivity index (χ3n) is 4.96. The molecule has 128 valence electrons. The number of nitrogens with zero attached hydrogens (tertiary/aromatic N) is 3. The van der Waals surface area contributed by atoms with E-state index in [2.05, 4.69) is 5.10 Å². The first-order valence-corrected chi connectivity index (χ1v) is 8.25. The molecule has 2 aliphatic rings. The summed E-state index contributed by atoms with van der Waals surface area (Å²) in [5.74, 6) is -0.818. The Hall–Kier alpha value is -1.53.